The Kier molecular flexibility index (Phi) is 6.71. The molecule has 0 aliphatic carbocycles. The second-order valence-corrected chi connectivity index (χ2v) is 6.56. The molecule has 128 valence electrons. The van der Waals surface area contributed by atoms with Gasteiger partial charge in [0, 0.05) is 19.7 Å². The number of anilines is 2. The largest absolute Gasteiger partial charge is 0.464 e. The summed E-state index contributed by atoms with van der Waals surface area (Å²) in [7, 11) is 0. The third-order valence-corrected chi connectivity index (χ3v) is 4.12. The number of nitrogens with one attached hydrogen (secondary N) is 1. The molecule has 23 heavy (non-hydrogen) atoms. The Hall–Kier alpha value is -1.75. The van der Waals surface area contributed by atoms with Gasteiger partial charge >= 0.3 is 5.97 Å². The van der Waals surface area contributed by atoms with Crippen LogP contribution in [0.25, 0.3) is 0 Å². The molecule has 1 aliphatic heterocycles. The van der Waals surface area contributed by atoms with E-state index in [1.807, 2.05) is 32.0 Å². The van der Waals surface area contributed by atoms with Crippen LogP contribution in [0.4, 0.5) is 11.4 Å². The topological polar surface area (TPSA) is 61.8 Å². The molecule has 1 heterocycles. The van der Waals surface area contributed by atoms with Gasteiger partial charge in [-0.05, 0) is 36.8 Å². The fourth-order valence-corrected chi connectivity index (χ4v) is 2.73. The van der Waals surface area contributed by atoms with Gasteiger partial charge in [0.1, 0.15) is 6.54 Å². The van der Waals surface area contributed by atoms with E-state index < -0.39 is 0 Å². The van der Waals surface area contributed by atoms with E-state index in [4.69, 9.17) is 4.74 Å². The van der Waals surface area contributed by atoms with Crippen molar-refractivity contribution in [3.63, 3.8) is 0 Å². The molecular weight excluding hydrogens is 292 g/mol. The molecule has 1 aromatic carbocycles. The number of piperidine rings is 1. The standard InChI is InChI=1S/C18H28N2O3/c1-14(2)13-23-18(22)11-19-16-5-3-4-6-17(16)20-9-7-15(12-21)8-10-20/h3-6,14-15,19,21H,7-13H2,1-2H3. The first kappa shape index (κ1) is 17.6. The number of para-hydroxylation sites is 2. The Morgan fingerprint density at radius 2 is 2.04 bits per heavy atom. The van der Waals surface area contributed by atoms with Gasteiger partial charge in [-0.25, -0.2) is 0 Å². The number of benzene rings is 1. The van der Waals surface area contributed by atoms with Crippen LogP contribution in [-0.2, 0) is 9.53 Å². The minimum atomic E-state index is -0.229. The van der Waals surface area contributed by atoms with Crippen molar-refractivity contribution < 1.29 is 14.6 Å². The van der Waals surface area contributed by atoms with Crippen LogP contribution >= 0.6 is 0 Å². The third kappa shape index (κ3) is 5.43. The second-order valence-electron chi connectivity index (χ2n) is 6.56. The molecule has 1 aliphatic rings. The molecule has 5 nitrogen and oxygen atoms in total. The number of hydrogen-bond donors (Lipinski definition) is 2. The molecular formula is C18H28N2O3. The quantitative estimate of drug-likeness (QED) is 0.756. The lowest BCUT2D eigenvalue weighted by Gasteiger charge is -2.34. The summed E-state index contributed by atoms with van der Waals surface area (Å²) in [4.78, 5) is 14.1. The van der Waals surface area contributed by atoms with Crippen LogP contribution in [0.15, 0.2) is 24.3 Å². The van der Waals surface area contributed by atoms with Gasteiger partial charge < -0.3 is 20.1 Å². The third-order valence-electron chi connectivity index (χ3n) is 4.12. The van der Waals surface area contributed by atoms with Gasteiger partial charge in [0.25, 0.3) is 0 Å². The molecule has 0 atom stereocenters. The van der Waals surface area contributed by atoms with Crippen molar-refractivity contribution in [3.05, 3.63) is 24.3 Å². The first-order valence-electron chi connectivity index (χ1n) is 8.44. The number of carbonyl (C=O) groups excluding carboxylic acids is 1. The zero-order valence-electron chi connectivity index (χ0n) is 14.1. The Labute approximate surface area is 138 Å². The number of hydrogen-bond acceptors (Lipinski definition) is 5. The minimum Gasteiger partial charge on any atom is -0.464 e. The smallest absolute Gasteiger partial charge is 0.325 e. The van der Waals surface area contributed by atoms with E-state index >= 15 is 0 Å². The molecule has 1 aromatic rings. The normalized spacial score (nSPS) is 15.7. The summed E-state index contributed by atoms with van der Waals surface area (Å²) in [6.45, 7) is 6.81. The molecule has 5 heteroatoms. The summed E-state index contributed by atoms with van der Waals surface area (Å²) < 4.78 is 5.20. The number of aliphatic hydroxyl groups is 1. The molecule has 1 fully saturated rings. The van der Waals surface area contributed by atoms with E-state index in [2.05, 4.69) is 16.3 Å². The lowest BCUT2D eigenvalue weighted by atomic mass is 9.97. The van der Waals surface area contributed by atoms with Gasteiger partial charge in [0.15, 0.2) is 0 Å². The molecule has 0 unspecified atom stereocenters. The van der Waals surface area contributed by atoms with Gasteiger partial charge in [-0.15, -0.1) is 0 Å². The summed E-state index contributed by atoms with van der Waals surface area (Å²) in [5.41, 5.74) is 2.07. The monoisotopic (exact) mass is 320 g/mol. The van der Waals surface area contributed by atoms with Crippen LogP contribution in [0.3, 0.4) is 0 Å². The predicted octanol–water partition coefficient (Wildman–Crippen LogP) is 2.51. The van der Waals surface area contributed by atoms with Crippen LogP contribution in [0.1, 0.15) is 26.7 Å². The van der Waals surface area contributed by atoms with Crippen molar-refractivity contribution in [1.82, 2.24) is 0 Å². The maximum Gasteiger partial charge on any atom is 0.325 e. The molecule has 1 saturated heterocycles. The van der Waals surface area contributed by atoms with Crippen LogP contribution < -0.4 is 10.2 Å². The Morgan fingerprint density at radius 3 is 2.70 bits per heavy atom. The fraction of sp³-hybridized carbons (Fsp3) is 0.611. The SMILES string of the molecule is CC(C)COC(=O)CNc1ccccc1N1CCC(CO)CC1. The van der Waals surface area contributed by atoms with Crippen molar-refractivity contribution in [2.45, 2.75) is 26.7 Å². The van der Waals surface area contributed by atoms with Crippen molar-refractivity contribution in [3.8, 4) is 0 Å². The number of esters is 1. The molecule has 2 rings (SSSR count). The van der Waals surface area contributed by atoms with Crippen molar-refractivity contribution in [2.24, 2.45) is 11.8 Å². The Bertz CT molecular complexity index is 497. The molecule has 0 radical (unpaired) electrons. The van der Waals surface area contributed by atoms with Crippen LogP contribution in [0.2, 0.25) is 0 Å². The number of aliphatic hydroxyl groups excluding tert-OH is 1. The van der Waals surface area contributed by atoms with Gasteiger partial charge in [0.2, 0.25) is 0 Å². The van der Waals surface area contributed by atoms with Gasteiger partial charge in [-0.1, -0.05) is 26.0 Å². The van der Waals surface area contributed by atoms with Crippen LogP contribution in [0, 0.1) is 11.8 Å². The number of rotatable bonds is 7. The number of carbonyl (C=O) groups is 1. The highest BCUT2D eigenvalue weighted by atomic mass is 16.5. The highest BCUT2D eigenvalue weighted by molar-refractivity contribution is 5.78. The molecule has 0 aromatic heterocycles. The molecule has 2 N–H and O–H groups in total. The minimum absolute atomic E-state index is 0.177. The van der Waals surface area contributed by atoms with E-state index in [-0.39, 0.29) is 19.1 Å². The summed E-state index contributed by atoms with van der Waals surface area (Å²) in [5.74, 6) is 0.531. The summed E-state index contributed by atoms with van der Waals surface area (Å²) >= 11 is 0. The lowest BCUT2D eigenvalue weighted by molar-refractivity contribution is -0.142. The zero-order valence-corrected chi connectivity index (χ0v) is 14.1. The Morgan fingerprint density at radius 1 is 1.35 bits per heavy atom. The van der Waals surface area contributed by atoms with Crippen molar-refractivity contribution >= 4 is 17.3 Å². The molecule has 0 bridgehead atoms. The van der Waals surface area contributed by atoms with E-state index in [9.17, 15) is 9.90 Å². The van der Waals surface area contributed by atoms with E-state index in [0.29, 0.717) is 18.4 Å². The zero-order chi connectivity index (χ0) is 16.7. The van der Waals surface area contributed by atoms with E-state index in [1.165, 1.54) is 0 Å². The first-order chi connectivity index (χ1) is 11.1. The average molecular weight is 320 g/mol. The highest BCUT2D eigenvalue weighted by Crippen LogP contribution is 2.29. The van der Waals surface area contributed by atoms with Crippen LogP contribution in [-0.4, -0.2) is 43.9 Å². The predicted molar refractivity (Wildman–Crippen MR) is 92.8 cm³/mol. The van der Waals surface area contributed by atoms with E-state index in [1.54, 1.807) is 0 Å². The highest BCUT2D eigenvalue weighted by Gasteiger charge is 2.20. The van der Waals surface area contributed by atoms with Crippen LogP contribution in [0.5, 0.6) is 0 Å². The number of nitrogens with zero attached hydrogens (tertiary/aromatic N) is 1. The molecule has 0 spiro atoms. The molecule has 0 amide bonds. The Balaban J connectivity index is 1.91. The lowest BCUT2D eigenvalue weighted by Crippen LogP contribution is -2.35. The van der Waals surface area contributed by atoms with Crippen molar-refractivity contribution in [1.29, 1.82) is 0 Å². The average Bonchev–Trinajstić information content (AvgIpc) is 2.58. The van der Waals surface area contributed by atoms with Gasteiger partial charge in [0.05, 0.1) is 18.0 Å². The molecule has 0 saturated carbocycles. The fourth-order valence-electron chi connectivity index (χ4n) is 2.73. The van der Waals surface area contributed by atoms with Crippen molar-refractivity contribution in [2.75, 3.05) is 43.1 Å². The second kappa shape index (κ2) is 8.77. The van der Waals surface area contributed by atoms with Gasteiger partial charge in [-0.3, -0.25) is 4.79 Å². The van der Waals surface area contributed by atoms with E-state index in [0.717, 1.165) is 37.3 Å². The maximum absolute atomic E-state index is 11.8. The number of ether oxygens (including phenoxy) is 1. The summed E-state index contributed by atoms with van der Waals surface area (Å²) in [6.07, 6.45) is 2.00. The first-order valence-corrected chi connectivity index (χ1v) is 8.44. The maximum atomic E-state index is 11.8. The summed E-state index contributed by atoms with van der Waals surface area (Å²) in [6, 6.07) is 8.03. The van der Waals surface area contributed by atoms with Gasteiger partial charge in [-0.2, -0.15) is 0 Å². The summed E-state index contributed by atoms with van der Waals surface area (Å²) in [5, 5.41) is 12.4.